The lowest BCUT2D eigenvalue weighted by atomic mass is 10.2. The van der Waals surface area contributed by atoms with E-state index in [4.69, 9.17) is 11.6 Å². The molecular weight excluding hydrogens is 274 g/mol. The minimum atomic E-state index is 0.0298. The average molecular weight is 298 g/mol. The molecule has 1 aromatic carbocycles. The fraction of sp³-hybridized carbons (Fsp3) is 0.533. The standard InChI is InChI=1S/C15H24ClN3O/c1-4-8-18-15(20)11-19(3)13-7-6-12(10-17-5-2)14(16)9-13/h6-7,9,17H,4-5,8,10-11H2,1-3H3,(H,18,20). The Morgan fingerprint density at radius 2 is 2.10 bits per heavy atom. The van der Waals surface area contributed by atoms with E-state index in [0.29, 0.717) is 6.54 Å². The quantitative estimate of drug-likeness (QED) is 0.774. The van der Waals surface area contributed by atoms with Crippen LogP contribution in [0.3, 0.4) is 0 Å². The summed E-state index contributed by atoms with van der Waals surface area (Å²) in [7, 11) is 1.89. The van der Waals surface area contributed by atoms with Crippen LogP contribution in [0.15, 0.2) is 18.2 Å². The molecule has 0 aliphatic carbocycles. The van der Waals surface area contributed by atoms with Gasteiger partial charge in [-0.2, -0.15) is 0 Å². The highest BCUT2D eigenvalue weighted by Gasteiger charge is 2.09. The summed E-state index contributed by atoms with van der Waals surface area (Å²) in [5.74, 6) is 0.0298. The van der Waals surface area contributed by atoms with Crippen molar-refractivity contribution in [3.8, 4) is 0 Å². The van der Waals surface area contributed by atoms with E-state index < -0.39 is 0 Å². The van der Waals surface area contributed by atoms with Gasteiger partial charge in [-0.1, -0.05) is 31.5 Å². The Morgan fingerprint density at radius 1 is 1.35 bits per heavy atom. The number of likely N-dealkylation sites (N-methyl/N-ethyl adjacent to an activating group) is 1. The molecule has 0 aromatic heterocycles. The van der Waals surface area contributed by atoms with Crippen LogP contribution in [-0.2, 0) is 11.3 Å². The Morgan fingerprint density at radius 3 is 2.70 bits per heavy atom. The Kier molecular flexibility index (Phi) is 7.41. The smallest absolute Gasteiger partial charge is 0.239 e. The first kappa shape index (κ1) is 16.8. The van der Waals surface area contributed by atoms with Crippen LogP contribution in [0.25, 0.3) is 0 Å². The van der Waals surface area contributed by atoms with Gasteiger partial charge in [-0.3, -0.25) is 4.79 Å². The van der Waals surface area contributed by atoms with Gasteiger partial charge in [-0.25, -0.2) is 0 Å². The van der Waals surface area contributed by atoms with Crippen LogP contribution in [0.4, 0.5) is 5.69 Å². The van der Waals surface area contributed by atoms with Crippen molar-refractivity contribution in [3.63, 3.8) is 0 Å². The van der Waals surface area contributed by atoms with Crippen molar-refractivity contribution >= 4 is 23.2 Å². The molecule has 0 saturated heterocycles. The van der Waals surface area contributed by atoms with Crippen molar-refractivity contribution in [1.82, 2.24) is 10.6 Å². The molecule has 1 amide bonds. The largest absolute Gasteiger partial charge is 0.365 e. The molecule has 0 unspecified atom stereocenters. The predicted molar refractivity (Wildman–Crippen MR) is 85.4 cm³/mol. The summed E-state index contributed by atoms with van der Waals surface area (Å²) in [4.78, 5) is 13.6. The molecule has 0 heterocycles. The molecule has 0 saturated carbocycles. The number of nitrogens with zero attached hydrogens (tertiary/aromatic N) is 1. The Labute approximate surface area is 126 Å². The minimum Gasteiger partial charge on any atom is -0.365 e. The number of amides is 1. The van der Waals surface area contributed by atoms with Crippen LogP contribution < -0.4 is 15.5 Å². The van der Waals surface area contributed by atoms with Gasteiger partial charge in [-0.05, 0) is 30.7 Å². The molecule has 5 heteroatoms. The summed E-state index contributed by atoms with van der Waals surface area (Å²) in [6.45, 7) is 6.82. The van der Waals surface area contributed by atoms with Gasteiger partial charge in [0.05, 0.1) is 6.54 Å². The second-order valence-electron chi connectivity index (χ2n) is 4.76. The third-order valence-corrected chi connectivity index (χ3v) is 3.35. The second kappa shape index (κ2) is 8.82. The molecule has 0 bridgehead atoms. The van der Waals surface area contributed by atoms with E-state index in [1.54, 1.807) is 0 Å². The number of carbonyl (C=O) groups is 1. The summed E-state index contributed by atoms with van der Waals surface area (Å²) in [6.07, 6.45) is 0.945. The normalized spacial score (nSPS) is 10.4. The maximum absolute atomic E-state index is 11.7. The van der Waals surface area contributed by atoms with Crippen LogP contribution in [0, 0.1) is 0 Å². The molecule has 1 rings (SSSR count). The first-order chi connectivity index (χ1) is 9.58. The number of carbonyl (C=O) groups excluding carboxylic acids is 1. The molecule has 2 N–H and O–H groups in total. The van der Waals surface area contributed by atoms with Crippen molar-refractivity contribution in [2.24, 2.45) is 0 Å². The Bertz CT molecular complexity index is 437. The number of rotatable bonds is 8. The van der Waals surface area contributed by atoms with Crippen LogP contribution in [0.5, 0.6) is 0 Å². The molecule has 0 atom stereocenters. The SMILES string of the molecule is CCCNC(=O)CN(C)c1ccc(CNCC)c(Cl)c1. The highest BCUT2D eigenvalue weighted by Crippen LogP contribution is 2.23. The lowest BCUT2D eigenvalue weighted by molar-refractivity contribution is -0.119. The maximum Gasteiger partial charge on any atom is 0.239 e. The van der Waals surface area contributed by atoms with Crippen LogP contribution in [-0.4, -0.2) is 32.6 Å². The van der Waals surface area contributed by atoms with E-state index in [1.165, 1.54) is 0 Å². The zero-order valence-electron chi connectivity index (χ0n) is 12.5. The molecule has 0 aliphatic rings. The summed E-state index contributed by atoms with van der Waals surface area (Å²) in [5.41, 5.74) is 2.02. The molecule has 112 valence electrons. The highest BCUT2D eigenvalue weighted by molar-refractivity contribution is 6.31. The summed E-state index contributed by atoms with van der Waals surface area (Å²) >= 11 is 6.26. The van der Waals surface area contributed by atoms with Crippen molar-refractivity contribution in [2.75, 3.05) is 31.6 Å². The summed E-state index contributed by atoms with van der Waals surface area (Å²) < 4.78 is 0. The van der Waals surface area contributed by atoms with Gasteiger partial charge in [-0.15, -0.1) is 0 Å². The summed E-state index contributed by atoms with van der Waals surface area (Å²) in [6, 6.07) is 5.90. The van der Waals surface area contributed by atoms with E-state index in [2.05, 4.69) is 17.6 Å². The molecule has 0 spiro atoms. The number of hydrogen-bond donors (Lipinski definition) is 2. The first-order valence-electron chi connectivity index (χ1n) is 7.05. The van der Waals surface area contributed by atoms with Crippen molar-refractivity contribution in [3.05, 3.63) is 28.8 Å². The molecule has 20 heavy (non-hydrogen) atoms. The van der Waals surface area contributed by atoms with E-state index >= 15 is 0 Å². The molecular formula is C15H24ClN3O. The van der Waals surface area contributed by atoms with Crippen LogP contribution in [0.2, 0.25) is 5.02 Å². The van der Waals surface area contributed by atoms with Crippen molar-refractivity contribution in [2.45, 2.75) is 26.8 Å². The third-order valence-electron chi connectivity index (χ3n) is 3.00. The first-order valence-corrected chi connectivity index (χ1v) is 7.43. The Hall–Kier alpha value is -1.26. The van der Waals surface area contributed by atoms with Gasteiger partial charge in [0, 0.05) is 30.8 Å². The fourth-order valence-corrected chi connectivity index (χ4v) is 2.05. The van der Waals surface area contributed by atoms with Gasteiger partial charge >= 0.3 is 0 Å². The van der Waals surface area contributed by atoms with Crippen LogP contribution >= 0.6 is 11.6 Å². The third kappa shape index (κ3) is 5.39. The molecule has 0 fully saturated rings. The van der Waals surface area contributed by atoms with Gasteiger partial charge in [0.2, 0.25) is 5.91 Å². The van der Waals surface area contributed by atoms with Crippen molar-refractivity contribution < 1.29 is 4.79 Å². The average Bonchev–Trinajstić information content (AvgIpc) is 2.43. The van der Waals surface area contributed by atoms with Gasteiger partial charge in [0.15, 0.2) is 0 Å². The molecule has 4 nitrogen and oxygen atoms in total. The number of benzene rings is 1. The Balaban J connectivity index is 2.62. The zero-order valence-corrected chi connectivity index (χ0v) is 13.3. The monoisotopic (exact) mass is 297 g/mol. The second-order valence-corrected chi connectivity index (χ2v) is 5.17. The maximum atomic E-state index is 11.7. The number of hydrogen-bond acceptors (Lipinski definition) is 3. The molecule has 0 aliphatic heterocycles. The number of nitrogens with one attached hydrogen (secondary N) is 2. The lowest BCUT2D eigenvalue weighted by Gasteiger charge is -2.19. The zero-order chi connectivity index (χ0) is 15.0. The summed E-state index contributed by atoms with van der Waals surface area (Å²) in [5, 5.41) is 6.84. The van der Waals surface area contributed by atoms with E-state index in [1.807, 2.05) is 37.1 Å². The molecule has 1 aromatic rings. The van der Waals surface area contributed by atoms with E-state index in [9.17, 15) is 4.79 Å². The lowest BCUT2D eigenvalue weighted by Crippen LogP contribution is -2.35. The van der Waals surface area contributed by atoms with Crippen molar-refractivity contribution in [1.29, 1.82) is 0 Å². The predicted octanol–water partition coefficient (Wildman–Crippen LogP) is 2.41. The van der Waals surface area contributed by atoms with E-state index in [-0.39, 0.29) is 5.91 Å². The van der Waals surface area contributed by atoms with Gasteiger partial charge < -0.3 is 15.5 Å². The highest BCUT2D eigenvalue weighted by atomic mass is 35.5. The van der Waals surface area contributed by atoms with Gasteiger partial charge in [0.1, 0.15) is 0 Å². The molecule has 0 radical (unpaired) electrons. The van der Waals surface area contributed by atoms with Gasteiger partial charge in [0.25, 0.3) is 0 Å². The topological polar surface area (TPSA) is 44.4 Å². The van der Waals surface area contributed by atoms with Crippen LogP contribution in [0.1, 0.15) is 25.8 Å². The fourth-order valence-electron chi connectivity index (χ4n) is 1.80. The van der Waals surface area contributed by atoms with E-state index in [0.717, 1.165) is 42.3 Å². The number of halogens is 1. The number of anilines is 1. The minimum absolute atomic E-state index is 0.0298.